The molecule has 12 heteroatoms. The van der Waals surface area contributed by atoms with Crippen molar-refractivity contribution in [3.8, 4) is 11.4 Å². The largest absolute Gasteiger partial charge is 0.416 e. The molecule has 9 nitrogen and oxygen atoms in total. The summed E-state index contributed by atoms with van der Waals surface area (Å²) in [4.78, 5) is 26.8. The molecule has 2 amide bonds. The zero-order valence-electron chi connectivity index (χ0n) is 20.5. The average Bonchev–Trinajstić information content (AvgIpc) is 3.44. The lowest BCUT2D eigenvalue weighted by Crippen LogP contribution is -2.63. The van der Waals surface area contributed by atoms with E-state index in [1.165, 1.54) is 17.7 Å². The van der Waals surface area contributed by atoms with Gasteiger partial charge in [0.15, 0.2) is 0 Å². The number of nitrogens with zero attached hydrogens (tertiary/aromatic N) is 4. The Bertz CT molecular complexity index is 1250. The maximum absolute atomic E-state index is 12.8. The molecular formula is C26H28F3N7O2. The van der Waals surface area contributed by atoms with E-state index in [1.54, 1.807) is 0 Å². The predicted molar refractivity (Wildman–Crippen MR) is 132 cm³/mol. The summed E-state index contributed by atoms with van der Waals surface area (Å²) in [7, 11) is 0. The average molecular weight is 528 g/mol. The summed E-state index contributed by atoms with van der Waals surface area (Å²) < 4.78 is 38.5. The number of halogens is 3. The van der Waals surface area contributed by atoms with E-state index in [2.05, 4.69) is 48.3 Å². The summed E-state index contributed by atoms with van der Waals surface area (Å²) in [5.74, 6) is 0.0196. The van der Waals surface area contributed by atoms with Crippen molar-refractivity contribution in [1.29, 1.82) is 0 Å². The van der Waals surface area contributed by atoms with Crippen molar-refractivity contribution >= 4 is 11.8 Å². The number of H-pyrrole nitrogens is 1. The molecule has 0 radical (unpaired) electrons. The molecule has 5 rings (SSSR count). The molecular weight excluding hydrogens is 499 g/mol. The van der Waals surface area contributed by atoms with Gasteiger partial charge in [0.05, 0.1) is 18.2 Å². The van der Waals surface area contributed by atoms with E-state index < -0.39 is 17.6 Å². The second kappa shape index (κ2) is 10.9. The van der Waals surface area contributed by atoms with E-state index in [9.17, 15) is 22.8 Å². The summed E-state index contributed by atoms with van der Waals surface area (Å²) in [6.07, 6.45) is -0.163. The van der Waals surface area contributed by atoms with Crippen molar-refractivity contribution in [2.75, 3.05) is 19.6 Å². The minimum atomic E-state index is -4.54. The van der Waals surface area contributed by atoms with E-state index in [4.69, 9.17) is 0 Å². The van der Waals surface area contributed by atoms with Gasteiger partial charge in [-0.2, -0.15) is 18.4 Å². The van der Waals surface area contributed by atoms with Gasteiger partial charge in [0.2, 0.25) is 11.7 Å². The number of aromatic nitrogens is 4. The number of nitrogens with one attached hydrogen (secondary N) is 3. The van der Waals surface area contributed by atoms with Gasteiger partial charge in [-0.1, -0.05) is 30.3 Å². The zero-order valence-corrected chi connectivity index (χ0v) is 20.5. The Labute approximate surface area is 217 Å². The van der Waals surface area contributed by atoms with Gasteiger partial charge in [-0.3, -0.25) is 14.5 Å². The maximum Gasteiger partial charge on any atom is 0.416 e. The molecule has 2 aromatic carbocycles. The van der Waals surface area contributed by atoms with Crippen LogP contribution in [0.25, 0.3) is 11.4 Å². The van der Waals surface area contributed by atoms with Crippen LogP contribution in [0.1, 0.15) is 53.1 Å². The Balaban J connectivity index is 1.01. The van der Waals surface area contributed by atoms with E-state index in [0.29, 0.717) is 17.8 Å². The van der Waals surface area contributed by atoms with Gasteiger partial charge in [0, 0.05) is 30.3 Å². The molecule has 1 aliphatic carbocycles. The normalized spacial score (nSPS) is 20.5. The van der Waals surface area contributed by atoms with Gasteiger partial charge < -0.3 is 10.6 Å². The van der Waals surface area contributed by atoms with Gasteiger partial charge >= 0.3 is 6.18 Å². The fourth-order valence-corrected chi connectivity index (χ4v) is 5.24. The molecule has 1 aromatic heterocycles. The Morgan fingerprint density at radius 2 is 1.76 bits per heavy atom. The highest BCUT2D eigenvalue weighted by molar-refractivity contribution is 5.96. The quantitative estimate of drug-likeness (QED) is 0.435. The van der Waals surface area contributed by atoms with Crippen molar-refractivity contribution in [2.24, 2.45) is 0 Å². The number of hydrogen-bond acceptors (Lipinski definition) is 6. The van der Waals surface area contributed by atoms with Crippen LogP contribution in [0.5, 0.6) is 0 Å². The van der Waals surface area contributed by atoms with Gasteiger partial charge in [0.1, 0.15) is 0 Å². The molecule has 1 aliphatic heterocycles. The summed E-state index contributed by atoms with van der Waals surface area (Å²) in [6.45, 7) is 1.21. The molecule has 2 aliphatic rings. The first-order chi connectivity index (χ1) is 18.3. The summed E-state index contributed by atoms with van der Waals surface area (Å²) >= 11 is 0. The van der Waals surface area contributed by atoms with Gasteiger partial charge in [-0.05, 0) is 60.6 Å². The number of rotatable bonds is 7. The van der Waals surface area contributed by atoms with Crippen molar-refractivity contribution in [2.45, 2.75) is 49.9 Å². The van der Waals surface area contributed by atoms with Crippen molar-refractivity contribution < 1.29 is 22.8 Å². The predicted octanol–water partition coefficient (Wildman–Crippen LogP) is 3.14. The molecule has 1 saturated heterocycles. The number of carbonyl (C=O) groups is 2. The minimum Gasteiger partial charge on any atom is -0.349 e. The van der Waals surface area contributed by atoms with Crippen LogP contribution in [0, 0.1) is 0 Å². The number of carbonyl (C=O) groups excluding carboxylic acids is 2. The fraction of sp³-hybridized carbons (Fsp3) is 0.423. The van der Waals surface area contributed by atoms with Crippen LogP contribution >= 0.6 is 0 Å². The SMILES string of the molecule is O=C(CNC(=O)c1cccc(C(F)(F)F)c1)NC1CN([C@H]2CC[C@@H](c3ccc(-c4nn[nH]n4)cc3)CC2)C1. The van der Waals surface area contributed by atoms with E-state index in [-0.39, 0.29) is 24.1 Å². The molecule has 0 unspecified atom stereocenters. The van der Waals surface area contributed by atoms with Gasteiger partial charge in [-0.15, -0.1) is 10.2 Å². The van der Waals surface area contributed by atoms with Crippen molar-refractivity contribution in [3.63, 3.8) is 0 Å². The van der Waals surface area contributed by atoms with Crippen LogP contribution in [-0.2, 0) is 11.0 Å². The Kier molecular flexibility index (Phi) is 7.41. The van der Waals surface area contributed by atoms with Gasteiger partial charge in [0.25, 0.3) is 5.91 Å². The summed E-state index contributed by atoms with van der Waals surface area (Å²) in [5.41, 5.74) is 1.20. The summed E-state index contributed by atoms with van der Waals surface area (Å²) in [6, 6.07) is 12.9. The highest BCUT2D eigenvalue weighted by atomic mass is 19.4. The standard InChI is InChI=1S/C26H28F3N7O2/c27-26(28,29)20-3-1-2-19(12-20)25(38)30-13-23(37)31-21-14-36(15-21)22-10-8-17(9-11-22)16-4-6-18(7-5-16)24-32-34-35-33-24/h1-7,12,17,21-22H,8-11,13-15H2,(H,30,38)(H,31,37)(H,32,33,34,35)/t17-,22+. The molecule has 2 heterocycles. The molecule has 3 aromatic rings. The lowest BCUT2D eigenvalue weighted by atomic mass is 9.80. The number of benzene rings is 2. The molecule has 38 heavy (non-hydrogen) atoms. The Hall–Kier alpha value is -3.80. The number of amides is 2. The first-order valence-electron chi connectivity index (χ1n) is 12.6. The third-order valence-electron chi connectivity index (χ3n) is 7.34. The van der Waals surface area contributed by atoms with E-state index >= 15 is 0 Å². The molecule has 200 valence electrons. The van der Waals surface area contributed by atoms with Crippen molar-refractivity contribution in [1.82, 2.24) is 36.2 Å². The zero-order chi connectivity index (χ0) is 26.7. The second-order valence-electron chi connectivity index (χ2n) is 9.84. The van der Waals surface area contributed by atoms with Crippen molar-refractivity contribution in [3.05, 3.63) is 65.2 Å². The van der Waals surface area contributed by atoms with Crippen LogP contribution in [-0.4, -0.2) is 69.1 Å². The third kappa shape index (κ3) is 6.01. The minimum absolute atomic E-state index is 0.00312. The Morgan fingerprint density at radius 1 is 1.03 bits per heavy atom. The monoisotopic (exact) mass is 527 g/mol. The van der Waals surface area contributed by atoms with E-state index in [0.717, 1.165) is 56.5 Å². The topological polar surface area (TPSA) is 116 Å². The van der Waals surface area contributed by atoms with Gasteiger partial charge in [-0.25, -0.2) is 0 Å². The number of hydrogen-bond donors (Lipinski definition) is 3. The fourth-order valence-electron chi connectivity index (χ4n) is 5.24. The number of likely N-dealkylation sites (tertiary alicyclic amines) is 1. The van der Waals surface area contributed by atoms with Crippen LogP contribution in [0.2, 0.25) is 0 Å². The molecule has 0 atom stereocenters. The lowest BCUT2D eigenvalue weighted by molar-refractivity contribution is -0.137. The molecule has 3 N–H and O–H groups in total. The smallest absolute Gasteiger partial charge is 0.349 e. The molecule has 1 saturated carbocycles. The molecule has 0 bridgehead atoms. The molecule has 0 spiro atoms. The Morgan fingerprint density at radius 3 is 2.42 bits per heavy atom. The summed E-state index contributed by atoms with van der Waals surface area (Å²) in [5, 5.41) is 19.4. The number of alkyl halides is 3. The number of aromatic amines is 1. The van der Waals surface area contributed by atoms with E-state index in [1.807, 2.05) is 12.1 Å². The maximum atomic E-state index is 12.8. The number of tetrazole rings is 1. The highest BCUT2D eigenvalue weighted by Gasteiger charge is 2.35. The third-order valence-corrected chi connectivity index (χ3v) is 7.34. The highest BCUT2D eigenvalue weighted by Crippen LogP contribution is 2.36. The second-order valence-corrected chi connectivity index (χ2v) is 9.84. The van der Waals surface area contributed by atoms with Crippen LogP contribution in [0.4, 0.5) is 13.2 Å². The van der Waals surface area contributed by atoms with Crippen LogP contribution < -0.4 is 10.6 Å². The molecule has 2 fully saturated rings. The van der Waals surface area contributed by atoms with Crippen LogP contribution in [0.3, 0.4) is 0 Å². The first kappa shape index (κ1) is 25.8. The lowest BCUT2D eigenvalue weighted by Gasteiger charge is -2.46. The first-order valence-corrected chi connectivity index (χ1v) is 12.6. The van der Waals surface area contributed by atoms with Crippen LogP contribution in [0.15, 0.2) is 48.5 Å².